The molecule has 4 rings (SSSR count). The summed E-state index contributed by atoms with van der Waals surface area (Å²) in [7, 11) is -6.79. The number of aromatic amines is 2. The quantitative estimate of drug-likeness (QED) is 0.189. The van der Waals surface area contributed by atoms with Crippen molar-refractivity contribution in [1.82, 2.24) is 19.1 Å². The molecule has 2 aromatic rings. The Bertz CT molecular complexity index is 2040. The Kier molecular flexibility index (Phi) is 14.9. The third-order valence-electron chi connectivity index (χ3n) is 13.3. The van der Waals surface area contributed by atoms with Crippen molar-refractivity contribution >= 4 is 37.5 Å². The molecule has 2 aromatic heterocycles. The highest BCUT2D eigenvalue weighted by Gasteiger charge is 2.60. The molecule has 0 bridgehead atoms. The maximum Gasteiger partial charge on any atom is 0.330 e. The summed E-state index contributed by atoms with van der Waals surface area (Å²) >= 11 is 0. The third kappa shape index (κ3) is 10.4. The number of aliphatic hydroxyl groups is 1. The molecule has 16 nitrogen and oxygen atoms in total. The lowest BCUT2D eigenvalue weighted by atomic mass is 9.92. The number of nitrogens with zero attached hydrogens (tertiary/aromatic N) is 2. The molecule has 2 aliphatic heterocycles. The van der Waals surface area contributed by atoms with Crippen LogP contribution in [-0.2, 0) is 32.3 Å². The summed E-state index contributed by atoms with van der Waals surface area (Å²) in [5.74, 6) is -0.735. The zero-order chi connectivity index (χ0) is 45.5. The zero-order valence-corrected chi connectivity index (χ0v) is 41.2. The molecule has 59 heavy (non-hydrogen) atoms. The minimum Gasteiger partial charge on any atom is -0.413 e. The molecule has 3 N–H and O–H groups in total. The number of aromatic nitrogens is 4. The molecular weight excluding hydrogens is 813 g/mol. The lowest BCUT2D eigenvalue weighted by Crippen LogP contribution is -2.56. The number of aliphatic hydroxyl groups excluding tert-OH is 1. The standard InChI is InChI=1S/C23H42N2O6Si2.C17H28N2O6Si/c1-16-18(31-33(10,11)22(5,6)7)23(14-26,15-29-32(8,9)21(2,3)4)30-19(16)25-13-12-17(27)24-20(25)28;1-11-13(25-26(5,6)16(2,3)4)17(9-20,10-21)24-14(11)19-8-7-12(22)18-15(19)23/h12-14,16,18-19H,15H2,1-11H3,(H,24,27,28);7-9,11,13-14,21H,10H2,1-6H3,(H,18,22,23). The van der Waals surface area contributed by atoms with E-state index in [1.165, 1.54) is 33.7 Å². The fourth-order valence-corrected chi connectivity index (χ4v) is 10.1. The second-order valence-corrected chi connectivity index (χ2v) is 35.0. The molecule has 0 aliphatic carbocycles. The van der Waals surface area contributed by atoms with E-state index in [-0.39, 0.29) is 27.6 Å². The van der Waals surface area contributed by atoms with Crippen molar-refractivity contribution in [3.63, 3.8) is 0 Å². The Labute approximate surface area is 350 Å². The van der Waals surface area contributed by atoms with Crippen LogP contribution in [0.1, 0.15) is 88.6 Å². The monoisotopic (exact) mass is 882 g/mol. The molecule has 334 valence electrons. The number of hydrogen-bond donors (Lipinski definition) is 3. The number of carbonyl (C=O) groups is 2. The van der Waals surface area contributed by atoms with E-state index < -0.39 is 95.8 Å². The Morgan fingerprint density at radius 3 is 1.31 bits per heavy atom. The molecule has 4 heterocycles. The smallest absolute Gasteiger partial charge is 0.330 e. The minimum atomic E-state index is -2.31. The lowest BCUT2D eigenvalue weighted by molar-refractivity contribution is -0.150. The predicted octanol–water partition coefficient (Wildman–Crippen LogP) is 5.07. The van der Waals surface area contributed by atoms with Gasteiger partial charge in [-0.1, -0.05) is 76.2 Å². The van der Waals surface area contributed by atoms with Gasteiger partial charge in [-0.3, -0.25) is 38.3 Å². The van der Waals surface area contributed by atoms with Crippen LogP contribution >= 0.6 is 0 Å². The van der Waals surface area contributed by atoms with E-state index in [1.807, 2.05) is 20.0 Å². The van der Waals surface area contributed by atoms with Gasteiger partial charge in [0.15, 0.2) is 48.7 Å². The fourth-order valence-electron chi connectivity index (χ4n) is 6.28. The number of hydrogen-bond acceptors (Lipinski definition) is 12. The average molecular weight is 883 g/mol. The Morgan fingerprint density at radius 2 is 1.00 bits per heavy atom. The fraction of sp³-hybridized carbons (Fsp3) is 0.750. The van der Waals surface area contributed by atoms with Crippen LogP contribution in [0.25, 0.3) is 0 Å². The molecule has 2 saturated heterocycles. The second kappa shape index (κ2) is 17.5. The van der Waals surface area contributed by atoms with Crippen LogP contribution in [0.2, 0.25) is 54.4 Å². The van der Waals surface area contributed by atoms with Gasteiger partial charge in [-0.05, 0) is 54.4 Å². The van der Waals surface area contributed by atoms with Crippen molar-refractivity contribution in [2.24, 2.45) is 11.8 Å². The van der Waals surface area contributed by atoms with E-state index >= 15 is 0 Å². The molecule has 0 radical (unpaired) electrons. The number of aldehydes is 2. The summed E-state index contributed by atoms with van der Waals surface area (Å²) in [6.07, 6.45) is 1.12. The highest BCUT2D eigenvalue weighted by molar-refractivity contribution is 6.75. The van der Waals surface area contributed by atoms with Crippen LogP contribution < -0.4 is 22.5 Å². The number of nitrogens with one attached hydrogen (secondary N) is 2. The molecular formula is C40H70N4O12Si3. The first-order valence-corrected chi connectivity index (χ1v) is 28.9. The van der Waals surface area contributed by atoms with Gasteiger partial charge in [0.05, 0.1) is 25.4 Å². The summed E-state index contributed by atoms with van der Waals surface area (Å²) in [6.45, 7) is 34.8. The van der Waals surface area contributed by atoms with Crippen LogP contribution in [-0.4, -0.2) is 98.4 Å². The average Bonchev–Trinajstić information content (AvgIpc) is 3.52. The third-order valence-corrected chi connectivity index (χ3v) is 26.7. The summed E-state index contributed by atoms with van der Waals surface area (Å²) in [5, 5.41) is 9.67. The van der Waals surface area contributed by atoms with E-state index in [9.17, 15) is 33.9 Å². The normalized spacial score (nSPS) is 28.2. The van der Waals surface area contributed by atoms with Gasteiger partial charge >= 0.3 is 11.4 Å². The largest absolute Gasteiger partial charge is 0.413 e. The second-order valence-electron chi connectivity index (χ2n) is 20.7. The summed E-state index contributed by atoms with van der Waals surface area (Å²) in [4.78, 5) is 76.6. The van der Waals surface area contributed by atoms with E-state index in [0.717, 1.165) is 6.29 Å². The molecule has 8 atom stereocenters. The van der Waals surface area contributed by atoms with Crippen molar-refractivity contribution in [1.29, 1.82) is 0 Å². The molecule has 2 aliphatic rings. The highest BCUT2D eigenvalue weighted by atomic mass is 28.4. The number of rotatable bonds is 12. The Hall–Kier alpha value is -2.89. The summed E-state index contributed by atoms with van der Waals surface area (Å²) < 4.78 is 34.4. The molecule has 0 amide bonds. The molecule has 2 fully saturated rings. The van der Waals surface area contributed by atoms with Gasteiger partial charge in [0, 0.05) is 36.4 Å². The van der Waals surface area contributed by atoms with Crippen LogP contribution in [0, 0.1) is 11.8 Å². The number of carbonyl (C=O) groups excluding carboxylic acids is 2. The van der Waals surface area contributed by atoms with Crippen LogP contribution in [0.15, 0.2) is 43.7 Å². The van der Waals surface area contributed by atoms with Gasteiger partial charge in [-0.2, -0.15) is 0 Å². The maximum atomic E-state index is 12.7. The summed E-state index contributed by atoms with van der Waals surface area (Å²) in [6, 6.07) is 2.48. The lowest BCUT2D eigenvalue weighted by Gasteiger charge is -2.44. The first-order valence-electron chi connectivity index (χ1n) is 20.2. The minimum absolute atomic E-state index is 0.0469. The zero-order valence-electron chi connectivity index (χ0n) is 38.2. The van der Waals surface area contributed by atoms with E-state index in [1.54, 1.807) is 6.92 Å². The van der Waals surface area contributed by atoms with Gasteiger partial charge in [0.1, 0.15) is 12.5 Å². The van der Waals surface area contributed by atoms with E-state index in [2.05, 4.69) is 98.5 Å². The van der Waals surface area contributed by atoms with Crippen molar-refractivity contribution < 1.29 is 37.4 Å². The van der Waals surface area contributed by atoms with Gasteiger partial charge in [0.2, 0.25) is 0 Å². The topological polar surface area (TPSA) is 210 Å². The highest BCUT2D eigenvalue weighted by Crippen LogP contribution is 2.49. The number of ether oxygens (including phenoxy) is 2. The number of H-pyrrole nitrogens is 2. The first kappa shape index (κ1) is 50.5. The van der Waals surface area contributed by atoms with Gasteiger partial charge in [0.25, 0.3) is 11.1 Å². The van der Waals surface area contributed by atoms with Gasteiger partial charge in [-0.15, -0.1) is 0 Å². The Morgan fingerprint density at radius 1 is 0.661 bits per heavy atom. The SMILES string of the molecule is CC1C(n2ccc(=O)[nH]c2=O)OC(C=O)(CO)C1O[Si](C)(C)C(C)(C)C.CC1C(n2ccc(=O)[nH]c2=O)OC(C=O)(CO[Si](C)(C)C(C)(C)C)C1O[Si](C)(C)C(C)(C)C. The van der Waals surface area contributed by atoms with Crippen LogP contribution in [0.4, 0.5) is 0 Å². The van der Waals surface area contributed by atoms with Gasteiger partial charge < -0.3 is 27.9 Å². The maximum absolute atomic E-state index is 12.7. The van der Waals surface area contributed by atoms with Crippen LogP contribution in [0.3, 0.4) is 0 Å². The van der Waals surface area contributed by atoms with E-state index in [0.29, 0.717) is 6.29 Å². The van der Waals surface area contributed by atoms with Crippen molar-refractivity contribution in [3.05, 3.63) is 66.2 Å². The molecule has 0 spiro atoms. The molecule has 19 heteroatoms. The van der Waals surface area contributed by atoms with Crippen molar-refractivity contribution in [2.75, 3.05) is 13.2 Å². The molecule has 0 aromatic carbocycles. The first-order chi connectivity index (χ1) is 26.7. The van der Waals surface area contributed by atoms with E-state index in [4.69, 9.17) is 22.8 Å². The Balaban J connectivity index is 0.000000324. The molecule has 8 unspecified atom stereocenters. The van der Waals surface area contributed by atoms with Gasteiger partial charge in [-0.25, -0.2) is 9.59 Å². The predicted molar refractivity (Wildman–Crippen MR) is 233 cm³/mol. The summed E-state index contributed by atoms with van der Waals surface area (Å²) in [5.41, 5.74) is -5.16. The van der Waals surface area contributed by atoms with Crippen molar-refractivity contribution in [2.45, 2.75) is 166 Å². The molecule has 0 saturated carbocycles. The van der Waals surface area contributed by atoms with Crippen LogP contribution in [0.5, 0.6) is 0 Å². The van der Waals surface area contributed by atoms with Crippen molar-refractivity contribution in [3.8, 4) is 0 Å².